The zero-order valence-electron chi connectivity index (χ0n) is 18.4. The molecule has 1 saturated heterocycles. The number of nitrogens with one attached hydrogen (secondary N) is 2. The Morgan fingerprint density at radius 1 is 1.22 bits per heavy atom. The number of imide groups is 1. The van der Waals surface area contributed by atoms with Gasteiger partial charge in [0.25, 0.3) is 11.1 Å². The van der Waals surface area contributed by atoms with Crippen LogP contribution < -0.4 is 16.8 Å². The van der Waals surface area contributed by atoms with Gasteiger partial charge in [-0.3, -0.25) is 14.5 Å². The number of alkyl halides is 3. The van der Waals surface area contributed by atoms with Crippen LogP contribution in [0, 0.1) is 5.41 Å². The van der Waals surface area contributed by atoms with Gasteiger partial charge in [-0.1, -0.05) is 23.7 Å². The van der Waals surface area contributed by atoms with Crippen molar-refractivity contribution < 1.29 is 27.6 Å². The Kier molecular flexibility index (Phi) is 8.48. The molecular formula is C22H20ClF3N6O3S. The van der Waals surface area contributed by atoms with Crippen LogP contribution in [-0.2, 0) is 22.4 Å². The van der Waals surface area contributed by atoms with Gasteiger partial charge < -0.3 is 27.0 Å². The highest BCUT2D eigenvalue weighted by Crippen LogP contribution is 2.35. The maximum atomic E-state index is 13.3. The molecule has 14 heteroatoms. The summed E-state index contributed by atoms with van der Waals surface area (Å²) in [5, 5.41) is 13.4. The van der Waals surface area contributed by atoms with Crippen molar-refractivity contribution in [2.45, 2.75) is 12.7 Å². The van der Waals surface area contributed by atoms with Gasteiger partial charge in [-0.25, -0.2) is 0 Å². The molecule has 1 fully saturated rings. The highest BCUT2D eigenvalue weighted by molar-refractivity contribution is 8.18. The number of rotatable bonds is 9. The number of hydrogen-bond donors (Lipinski definition) is 4. The highest BCUT2D eigenvalue weighted by Gasteiger charge is 2.35. The molecule has 1 heterocycles. The first kappa shape index (κ1) is 26.9. The van der Waals surface area contributed by atoms with Crippen molar-refractivity contribution in [3.05, 3.63) is 68.6 Å². The predicted molar refractivity (Wildman–Crippen MR) is 133 cm³/mol. The van der Waals surface area contributed by atoms with E-state index < -0.39 is 22.9 Å². The first-order valence-corrected chi connectivity index (χ1v) is 11.4. The first-order valence-electron chi connectivity index (χ1n) is 10.2. The number of benzene rings is 2. The fourth-order valence-corrected chi connectivity index (χ4v) is 4.24. The van der Waals surface area contributed by atoms with E-state index in [1.165, 1.54) is 18.2 Å². The molecule has 0 atom stereocenters. The quantitative estimate of drug-likeness (QED) is 0.122. The molecule has 2 aromatic rings. The maximum Gasteiger partial charge on any atom is 0.416 e. The van der Waals surface area contributed by atoms with Crippen LogP contribution in [0.5, 0.6) is 0 Å². The smallest absolute Gasteiger partial charge is 0.391 e. The zero-order valence-corrected chi connectivity index (χ0v) is 20.0. The van der Waals surface area contributed by atoms with Gasteiger partial charge in [0.2, 0.25) is 5.96 Å². The van der Waals surface area contributed by atoms with Crippen LogP contribution >= 0.6 is 23.4 Å². The van der Waals surface area contributed by atoms with E-state index in [0.29, 0.717) is 16.8 Å². The average Bonchev–Trinajstić information content (AvgIpc) is 3.07. The average molecular weight is 541 g/mol. The summed E-state index contributed by atoms with van der Waals surface area (Å²) in [6.45, 7) is -0.309. The molecule has 0 saturated carbocycles. The third kappa shape index (κ3) is 6.70. The van der Waals surface area contributed by atoms with Gasteiger partial charge in [0, 0.05) is 29.0 Å². The standard InChI is InChI=1S/C22H20ClF3N6O3S/c23-15-3-2-13(16(9-15)22(24,25)26)11-30-17-4-1-12(7-14(17)10-27)8-18-19(33)32(21(34)36-18)5-6-35-31-20(28)29/h1-4,7-10,27,30H,5-6,11H2,(H4,28,29,31). The zero-order chi connectivity index (χ0) is 26.5. The Morgan fingerprint density at radius 2 is 1.97 bits per heavy atom. The number of halogens is 4. The number of amides is 2. The predicted octanol–water partition coefficient (Wildman–Crippen LogP) is 4.21. The van der Waals surface area contributed by atoms with Crippen molar-refractivity contribution >= 4 is 58.4 Å². The number of nitrogens with two attached hydrogens (primary N) is 2. The number of thioether (sulfide) groups is 1. The Labute approximate surface area is 212 Å². The lowest BCUT2D eigenvalue weighted by Crippen LogP contribution is -2.31. The largest absolute Gasteiger partial charge is 0.416 e. The fraction of sp³-hybridized carbons (Fsp3) is 0.182. The summed E-state index contributed by atoms with van der Waals surface area (Å²) in [6.07, 6.45) is -2.06. The van der Waals surface area contributed by atoms with Crippen LogP contribution in [0.2, 0.25) is 5.02 Å². The fourth-order valence-electron chi connectivity index (χ4n) is 3.20. The second kappa shape index (κ2) is 11.4. The summed E-state index contributed by atoms with van der Waals surface area (Å²) in [5.74, 6) is -0.822. The molecule has 1 aliphatic heterocycles. The van der Waals surface area contributed by atoms with Crippen LogP contribution in [0.1, 0.15) is 22.3 Å². The van der Waals surface area contributed by atoms with Crippen molar-refractivity contribution in [1.82, 2.24) is 4.90 Å². The van der Waals surface area contributed by atoms with Gasteiger partial charge in [-0.05, 0) is 58.4 Å². The van der Waals surface area contributed by atoms with E-state index in [-0.39, 0.29) is 41.1 Å². The second-order valence-corrected chi connectivity index (χ2v) is 8.76. The Bertz CT molecular complexity index is 1250. The molecule has 0 unspecified atom stereocenters. The monoisotopic (exact) mass is 540 g/mol. The molecule has 0 bridgehead atoms. The molecule has 9 nitrogen and oxygen atoms in total. The SMILES string of the molecule is N=Cc1cc(C=C2SC(=O)N(CCON=C(N)N)C2=O)ccc1NCc1ccc(Cl)cc1C(F)(F)F. The van der Waals surface area contributed by atoms with Crippen LogP contribution in [0.25, 0.3) is 6.08 Å². The number of oxime groups is 1. The number of nitrogens with zero attached hydrogens (tertiary/aromatic N) is 2. The van der Waals surface area contributed by atoms with Crippen molar-refractivity contribution in [3.63, 3.8) is 0 Å². The molecule has 0 aliphatic carbocycles. The number of carbonyl (C=O) groups excluding carboxylic acids is 2. The van der Waals surface area contributed by atoms with Gasteiger partial charge in [0.1, 0.15) is 6.61 Å². The Hall–Kier alpha value is -3.71. The lowest BCUT2D eigenvalue weighted by molar-refractivity contribution is -0.138. The highest BCUT2D eigenvalue weighted by atomic mass is 35.5. The molecule has 1 aliphatic rings. The summed E-state index contributed by atoms with van der Waals surface area (Å²) in [6, 6.07) is 8.26. The topological polar surface area (TPSA) is 147 Å². The van der Waals surface area contributed by atoms with E-state index in [0.717, 1.165) is 28.9 Å². The van der Waals surface area contributed by atoms with Crippen molar-refractivity contribution in [3.8, 4) is 0 Å². The van der Waals surface area contributed by atoms with Crippen LogP contribution in [0.3, 0.4) is 0 Å². The van der Waals surface area contributed by atoms with Crippen molar-refractivity contribution in [1.29, 1.82) is 5.41 Å². The van der Waals surface area contributed by atoms with E-state index in [2.05, 4.69) is 10.5 Å². The normalized spacial score (nSPS) is 14.8. The van der Waals surface area contributed by atoms with E-state index in [9.17, 15) is 22.8 Å². The molecule has 6 N–H and O–H groups in total. The molecule has 36 heavy (non-hydrogen) atoms. The molecule has 2 aromatic carbocycles. The minimum atomic E-state index is -4.57. The van der Waals surface area contributed by atoms with Crippen LogP contribution in [0.4, 0.5) is 23.7 Å². The van der Waals surface area contributed by atoms with Gasteiger partial charge in [-0.15, -0.1) is 0 Å². The minimum Gasteiger partial charge on any atom is -0.391 e. The lowest BCUT2D eigenvalue weighted by atomic mass is 10.1. The molecule has 3 rings (SSSR count). The third-order valence-corrected chi connectivity index (χ3v) is 5.97. The van der Waals surface area contributed by atoms with Crippen molar-refractivity contribution in [2.75, 3.05) is 18.5 Å². The maximum absolute atomic E-state index is 13.3. The van der Waals surface area contributed by atoms with Gasteiger partial charge in [0.15, 0.2) is 0 Å². The van der Waals surface area contributed by atoms with Gasteiger partial charge in [-0.2, -0.15) is 13.2 Å². The Balaban J connectivity index is 1.73. The number of hydrogen-bond acceptors (Lipinski definition) is 7. The lowest BCUT2D eigenvalue weighted by Gasteiger charge is -2.15. The molecule has 0 aromatic heterocycles. The molecule has 0 spiro atoms. The van der Waals surface area contributed by atoms with Crippen LogP contribution in [-0.4, -0.2) is 41.4 Å². The minimum absolute atomic E-state index is 0.00981. The van der Waals surface area contributed by atoms with E-state index in [1.807, 2.05) is 0 Å². The van der Waals surface area contributed by atoms with E-state index in [1.54, 1.807) is 18.2 Å². The van der Waals surface area contributed by atoms with Crippen LogP contribution in [0.15, 0.2) is 46.5 Å². The van der Waals surface area contributed by atoms with Crippen molar-refractivity contribution in [2.24, 2.45) is 16.6 Å². The van der Waals surface area contributed by atoms with Gasteiger partial charge in [0.05, 0.1) is 17.0 Å². The summed E-state index contributed by atoms with van der Waals surface area (Å²) in [4.78, 5) is 30.7. The number of carbonyl (C=O) groups is 2. The summed E-state index contributed by atoms with van der Waals surface area (Å²) in [5.41, 5.74) is 10.7. The summed E-state index contributed by atoms with van der Waals surface area (Å²) >= 11 is 6.46. The third-order valence-electron chi connectivity index (χ3n) is 4.83. The molecule has 2 amide bonds. The number of guanidine groups is 1. The first-order chi connectivity index (χ1) is 17.0. The number of anilines is 1. The molecular weight excluding hydrogens is 521 g/mol. The Morgan fingerprint density at radius 3 is 2.64 bits per heavy atom. The summed E-state index contributed by atoms with van der Waals surface area (Å²) < 4.78 is 40.0. The van der Waals surface area contributed by atoms with Gasteiger partial charge >= 0.3 is 6.18 Å². The molecule has 0 radical (unpaired) electrons. The second-order valence-electron chi connectivity index (χ2n) is 7.33. The summed E-state index contributed by atoms with van der Waals surface area (Å²) in [7, 11) is 0. The van der Waals surface area contributed by atoms with E-state index >= 15 is 0 Å². The molecule has 190 valence electrons. The van der Waals surface area contributed by atoms with E-state index in [4.69, 9.17) is 33.3 Å².